The van der Waals surface area contributed by atoms with Gasteiger partial charge in [-0.15, -0.1) is 0 Å². The van der Waals surface area contributed by atoms with Gasteiger partial charge in [0.1, 0.15) is 34.5 Å². The molecule has 0 fully saturated rings. The molecule has 0 aliphatic heterocycles. The first-order valence-electron chi connectivity index (χ1n) is 47.1. The Morgan fingerprint density at radius 1 is 0.248 bits per heavy atom. The van der Waals surface area contributed by atoms with Crippen LogP contribution in [0.15, 0.2) is 396 Å². The minimum Gasteiger partial charge on any atom is -0.492 e. The van der Waals surface area contributed by atoms with E-state index in [0.29, 0.717) is 24.7 Å². The highest BCUT2D eigenvalue weighted by Crippen LogP contribution is 2.46. The average molecular weight is 1940 g/mol. The molecular formula is C121H130O10S6. The summed E-state index contributed by atoms with van der Waals surface area (Å²) < 4.78 is 23.2. The molecule has 3 unspecified atom stereocenters. The minimum absolute atomic E-state index is 0.0532. The Balaban J connectivity index is 0.000000185. The summed E-state index contributed by atoms with van der Waals surface area (Å²) in [5.74, 6) is 6.53. The molecule has 0 N–H and O–H groups in total. The van der Waals surface area contributed by atoms with Crippen LogP contribution < -0.4 is 18.9 Å². The molecule has 0 amide bonds. The van der Waals surface area contributed by atoms with Crippen molar-refractivity contribution in [2.24, 2.45) is 34.0 Å². The Morgan fingerprint density at radius 3 is 0.825 bits per heavy atom. The summed E-state index contributed by atoms with van der Waals surface area (Å²) in [4.78, 5) is 77.6. The smallest absolute Gasteiger partial charge is 0.199 e. The van der Waals surface area contributed by atoms with Crippen molar-refractivity contribution >= 4 is 101 Å². The van der Waals surface area contributed by atoms with Crippen LogP contribution in [0.25, 0.3) is 66.8 Å². The summed E-state index contributed by atoms with van der Waals surface area (Å²) in [6.07, 6.45) is 5.15. The van der Waals surface area contributed by atoms with Crippen molar-refractivity contribution in [3.8, 4) is 101 Å². The number of ether oxygens (including phenoxy) is 4. The summed E-state index contributed by atoms with van der Waals surface area (Å²) in [5.41, 5.74) is 12.5. The van der Waals surface area contributed by atoms with Gasteiger partial charge in [-0.05, 0) is 179 Å². The molecule has 3 atom stereocenters. The third kappa shape index (κ3) is 35.4. The summed E-state index contributed by atoms with van der Waals surface area (Å²) in [6.45, 7) is 31.3. The maximum atomic E-state index is 13.0. The molecule has 710 valence electrons. The number of hydrogen-bond donors (Lipinski definition) is 0. The highest BCUT2D eigenvalue weighted by Gasteiger charge is 2.30. The first-order chi connectivity index (χ1) is 66.2. The van der Waals surface area contributed by atoms with Crippen molar-refractivity contribution in [2.75, 3.05) is 24.7 Å². The monoisotopic (exact) mass is 1930 g/mol. The SMILES string of the molecule is CCC(C)(C)C(=O)SCCOc1ccccc1-c1ccccc1.CCC(C)(C)C(=O)Sc1c(-c2ccccc2)cccc1-c1ccccc1.CCC(C)(C)C(=O)Sc1ccc(Oc2ccccc2)cc1.CCC(C)C(=O)SCCOc1ccccc1-c1ccccc1.CCC(C)C(=O)Sc1c(-c2ccccc2)cccc1-c1ccccc1.CCC(C)C(=O)Sc1ccc(Oc2ccccc2)cc1. The Hall–Kier alpha value is -11.6. The van der Waals surface area contributed by atoms with Gasteiger partial charge in [-0.3, -0.25) is 28.8 Å². The zero-order valence-corrected chi connectivity index (χ0v) is 86.5. The van der Waals surface area contributed by atoms with Gasteiger partial charge in [-0.2, -0.15) is 0 Å². The minimum atomic E-state index is -0.345. The molecule has 0 saturated heterocycles. The van der Waals surface area contributed by atoms with Gasteiger partial charge in [-0.25, -0.2) is 0 Å². The molecule has 0 aliphatic rings. The Kier molecular flexibility index (Phi) is 45.8. The van der Waals surface area contributed by atoms with Gasteiger partial charge in [-0.1, -0.05) is 466 Å². The fourth-order valence-corrected chi connectivity index (χ4v) is 18.6. The lowest BCUT2D eigenvalue weighted by Gasteiger charge is -2.22. The molecule has 0 radical (unpaired) electrons. The number of thioether (sulfide) groups is 6. The lowest BCUT2D eigenvalue weighted by Crippen LogP contribution is -2.21. The number of benzene rings is 14. The molecule has 0 heterocycles. The summed E-state index contributed by atoms with van der Waals surface area (Å²) in [6, 6.07) is 125. The first-order valence-corrected chi connectivity index (χ1v) is 52.3. The van der Waals surface area contributed by atoms with Gasteiger partial charge in [0.25, 0.3) is 0 Å². The summed E-state index contributed by atoms with van der Waals surface area (Å²) >= 11 is 8.08. The van der Waals surface area contributed by atoms with Gasteiger partial charge >= 0.3 is 0 Å². The van der Waals surface area contributed by atoms with E-state index in [2.05, 4.69) is 135 Å². The number of carbonyl (C=O) groups excluding carboxylic acids is 6. The van der Waals surface area contributed by atoms with Crippen LogP contribution >= 0.6 is 70.6 Å². The third-order valence-corrected chi connectivity index (χ3v) is 30.5. The van der Waals surface area contributed by atoms with Gasteiger partial charge in [0.05, 0.1) is 13.2 Å². The third-order valence-electron chi connectivity index (χ3n) is 23.3. The predicted octanol–water partition coefficient (Wildman–Crippen LogP) is 34.9. The van der Waals surface area contributed by atoms with Crippen LogP contribution in [0, 0.1) is 34.0 Å². The molecule has 137 heavy (non-hydrogen) atoms. The van der Waals surface area contributed by atoms with E-state index in [-0.39, 0.29) is 64.7 Å². The summed E-state index contributed by atoms with van der Waals surface area (Å²) in [5, 5.41) is 1.33. The van der Waals surface area contributed by atoms with E-state index in [1.165, 1.54) is 70.6 Å². The van der Waals surface area contributed by atoms with Crippen LogP contribution in [0.4, 0.5) is 0 Å². The molecule has 0 bridgehead atoms. The maximum absolute atomic E-state index is 13.0. The van der Waals surface area contributed by atoms with E-state index in [0.717, 1.165) is 159 Å². The van der Waals surface area contributed by atoms with E-state index < -0.39 is 0 Å². The lowest BCUT2D eigenvalue weighted by atomic mass is 9.92. The number of para-hydroxylation sites is 4. The number of carbonyl (C=O) groups is 6. The fraction of sp³-hybridized carbons (Fsp3) is 0.256. The van der Waals surface area contributed by atoms with Crippen LogP contribution in [-0.4, -0.2) is 55.4 Å². The van der Waals surface area contributed by atoms with Crippen LogP contribution in [-0.2, 0) is 28.8 Å². The van der Waals surface area contributed by atoms with Crippen LogP contribution in [0.1, 0.15) is 142 Å². The first kappa shape index (κ1) is 109. The van der Waals surface area contributed by atoms with Crippen molar-refractivity contribution in [1.82, 2.24) is 0 Å². The van der Waals surface area contributed by atoms with Crippen LogP contribution in [0.2, 0.25) is 0 Å². The molecule has 14 rings (SSSR count). The zero-order valence-electron chi connectivity index (χ0n) is 81.6. The average Bonchev–Trinajstić information content (AvgIpc) is 0.791. The summed E-state index contributed by atoms with van der Waals surface area (Å²) in [7, 11) is 0. The van der Waals surface area contributed by atoms with Crippen LogP contribution in [0.3, 0.4) is 0 Å². The van der Waals surface area contributed by atoms with Crippen molar-refractivity contribution in [1.29, 1.82) is 0 Å². The maximum Gasteiger partial charge on any atom is 0.199 e. The Bertz CT molecular complexity index is 5870. The van der Waals surface area contributed by atoms with Crippen molar-refractivity contribution in [2.45, 2.75) is 162 Å². The Morgan fingerprint density at radius 2 is 0.496 bits per heavy atom. The fourth-order valence-electron chi connectivity index (χ4n) is 12.7. The molecule has 0 saturated carbocycles. The van der Waals surface area contributed by atoms with Gasteiger partial charge < -0.3 is 18.9 Å². The van der Waals surface area contributed by atoms with Crippen LogP contribution in [0.5, 0.6) is 34.5 Å². The largest absolute Gasteiger partial charge is 0.492 e. The van der Waals surface area contributed by atoms with Gasteiger partial charge in [0, 0.05) is 76.2 Å². The standard InChI is InChI=1S/C24H24OS.C23H22OS.C20H24O2S.C19H22O2S.C18H20O2S.C17H18O2S/c1-4-24(2,3)23(25)26-22-20(18-12-7-5-8-13-18)16-11-17-21(22)19-14-9-6-10-15-19;1-3-17(2)23(24)25-22-20(18-11-6-4-7-12-18)15-10-16-21(22)19-13-8-5-9-14-19;1-4-20(2,3)19(21)23-15-14-22-18-13-9-8-12-17(18)16-10-6-5-7-11-16;1-3-15(2)19(20)22-14-13-21-18-12-8-7-11-17(18)16-9-5-4-6-10-16;1-4-18(2,3)17(19)21-16-12-10-15(11-13-16)20-14-8-6-5-7-9-14;1-3-13(2)17(18)20-16-11-9-15(10-12-16)19-14-7-5-4-6-8-14/h5-17H,4H2,1-3H3;4-17H,3H2,1-2H3;5-13H,4,14-15H2,1-3H3;4-12,15H,3,13-14H2,1-2H3;5-13H,4H2,1-3H3;4-13H,3H2,1-2H3. The quantitative estimate of drug-likeness (QED) is 0.0279. The van der Waals surface area contributed by atoms with E-state index in [9.17, 15) is 28.8 Å². The zero-order chi connectivity index (χ0) is 98.4. The molecule has 0 aliphatic carbocycles. The molecule has 14 aromatic rings. The van der Waals surface area contributed by atoms with Gasteiger partial charge in [0.15, 0.2) is 30.7 Å². The topological polar surface area (TPSA) is 139 Å². The van der Waals surface area contributed by atoms with E-state index >= 15 is 0 Å². The second-order valence-electron chi connectivity index (χ2n) is 34.6. The molecule has 14 aromatic carbocycles. The molecule has 16 heteroatoms. The van der Waals surface area contributed by atoms with Gasteiger partial charge in [0.2, 0.25) is 0 Å². The normalized spacial score (nSPS) is 11.6. The highest BCUT2D eigenvalue weighted by molar-refractivity contribution is 8.15. The van der Waals surface area contributed by atoms with Crippen molar-refractivity contribution in [3.63, 3.8) is 0 Å². The Labute approximate surface area is 840 Å². The van der Waals surface area contributed by atoms with E-state index in [1.54, 1.807) is 0 Å². The lowest BCUT2D eigenvalue weighted by molar-refractivity contribution is -0.118. The molecular weight excluding hydrogens is 1810 g/mol. The van der Waals surface area contributed by atoms with E-state index in [1.807, 2.05) is 345 Å². The second-order valence-corrected chi connectivity index (χ2v) is 40.9. The van der Waals surface area contributed by atoms with E-state index in [4.69, 9.17) is 18.9 Å². The molecule has 0 aromatic heterocycles. The highest BCUT2D eigenvalue weighted by atomic mass is 32.2. The molecule has 0 spiro atoms. The second kappa shape index (κ2) is 57.6. The number of hydrogen-bond acceptors (Lipinski definition) is 16. The molecule has 10 nitrogen and oxygen atoms in total. The predicted molar refractivity (Wildman–Crippen MR) is 584 cm³/mol. The number of rotatable bonds is 34. The van der Waals surface area contributed by atoms with Crippen molar-refractivity contribution in [3.05, 3.63) is 376 Å². The van der Waals surface area contributed by atoms with Crippen molar-refractivity contribution < 1.29 is 47.7 Å².